The van der Waals surface area contributed by atoms with E-state index >= 15 is 0 Å². The zero-order chi connectivity index (χ0) is 10.9. The van der Waals surface area contributed by atoms with E-state index in [0.29, 0.717) is 0 Å². The Balaban J connectivity index is 2.08. The Bertz CT molecular complexity index is 334. The second-order valence-corrected chi connectivity index (χ2v) is 5.01. The van der Waals surface area contributed by atoms with Gasteiger partial charge in [-0.15, -0.1) is 0 Å². The van der Waals surface area contributed by atoms with E-state index in [4.69, 9.17) is 0 Å². The van der Waals surface area contributed by atoms with E-state index in [1.165, 1.54) is 0 Å². The van der Waals surface area contributed by atoms with Gasteiger partial charge < -0.3 is 9.67 Å². The second kappa shape index (κ2) is 3.97. The smallest absolute Gasteiger partial charge is 0.109 e. The van der Waals surface area contributed by atoms with E-state index in [9.17, 15) is 5.11 Å². The molecule has 1 aromatic rings. The number of imidazole rings is 1. The van der Waals surface area contributed by atoms with Gasteiger partial charge in [-0.3, -0.25) is 0 Å². The first kappa shape index (κ1) is 10.7. The van der Waals surface area contributed by atoms with Gasteiger partial charge in [-0.25, -0.2) is 4.98 Å². The fraction of sp³-hybridized carbons (Fsp3) is 0.750. The normalized spacial score (nSPS) is 31.0. The minimum Gasteiger partial charge on any atom is -0.393 e. The Kier molecular flexibility index (Phi) is 2.83. The van der Waals surface area contributed by atoms with E-state index in [0.717, 1.165) is 38.1 Å². The van der Waals surface area contributed by atoms with E-state index < -0.39 is 0 Å². The van der Waals surface area contributed by atoms with Crippen molar-refractivity contribution >= 4 is 0 Å². The molecular formula is C12H20N2O. The van der Waals surface area contributed by atoms with E-state index in [-0.39, 0.29) is 11.5 Å². The lowest BCUT2D eigenvalue weighted by Gasteiger charge is -2.23. The zero-order valence-corrected chi connectivity index (χ0v) is 9.61. The highest BCUT2D eigenvalue weighted by molar-refractivity contribution is 4.99. The van der Waals surface area contributed by atoms with Gasteiger partial charge in [-0.2, -0.15) is 0 Å². The number of aromatic nitrogens is 2. The monoisotopic (exact) mass is 208 g/mol. The van der Waals surface area contributed by atoms with Crippen LogP contribution in [0.2, 0.25) is 0 Å². The highest BCUT2D eigenvalue weighted by atomic mass is 16.3. The van der Waals surface area contributed by atoms with Gasteiger partial charge in [0.15, 0.2) is 0 Å². The molecule has 2 atom stereocenters. The summed E-state index contributed by atoms with van der Waals surface area (Å²) >= 11 is 0. The quantitative estimate of drug-likeness (QED) is 0.825. The second-order valence-electron chi connectivity index (χ2n) is 5.01. The molecule has 2 unspecified atom stereocenters. The molecular weight excluding hydrogens is 188 g/mol. The van der Waals surface area contributed by atoms with Crippen molar-refractivity contribution in [3.63, 3.8) is 0 Å². The van der Waals surface area contributed by atoms with Crippen molar-refractivity contribution in [2.45, 2.75) is 52.2 Å². The largest absolute Gasteiger partial charge is 0.393 e. The van der Waals surface area contributed by atoms with Gasteiger partial charge >= 0.3 is 0 Å². The molecule has 0 spiro atoms. The van der Waals surface area contributed by atoms with Crippen LogP contribution in [0.5, 0.6) is 0 Å². The molecule has 1 aliphatic rings. The summed E-state index contributed by atoms with van der Waals surface area (Å²) in [4.78, 5) is 4.40. The lowest BCUT2D eigenvalue weighted by molar-refractivity contribution is 0.162. The third kappa shape index (κ3) is 2.23. The average molecular weight is 208 g/mol. The summed E-state index contributed by atoms with van der Waals surface area (Å²) in [5, 5.41) is 9.59. The summed E-state index contributed by atoms with van der Waals surface area (Å²) in [5.41, 5.74) is 0.248. The first-order valence-corrected chi connectivity index (χ1v) is 5.81. The molecule has 0 aliphatic heterocycles. The number of hydrogen-bond acceptors (Lipinski definition) is 2. The molecule has 0 radical (unpaired) electrons. The van der Waals surface area contributed by atoms with Crippen LogP contribution in [0.1, 0.15) is 38.9 Å². The molecule has 84 valence electrons. The van der Waals surface area contributed by atoms with Crippen LogP contribution in [0, 0.1) is 5.41 Å². The summed E-state index contributed by atoms with van der Waals surface area (Å²) in [5.74, 6) is 1.16. The molecule has 0 bridgehead atoms. The van der Waals surface area contributed by atoms with Gasteiger partial charge in [0.05, 0.1) is 6.10 Å². The molecule has 1 heterocycles. The van der Waals surface area contributed by atoms with Gasteiger partial charge in [-0.05, 0) is 31.6 Å². The highest BCUT2D eigenvalue weighted by Crippen LogP contribution is 2.40. The Labute approximate surface area is 91.1 Å². The molecule has 1 aromatic heterocycles. The standard InChI is InChI=1S/C12H20N2O/c1-3-14-7-6-13-11(14)9-12(2)5-4-10(15)8-12/h6-7,10,15H,3-5,8-9H2,1-2H3. The molecule has 3 heteroatoms. The van der Waals surface area contributed by atoms with Crippen LogP contribution in [0.3, 0.4) is 0 Å². The molecule has 1 fully saturated rings. The molecule has 15 heavy (non-hydrogen) atoms. The van der Waals surface area contributed by atoms with Crippen LogP contribution in [-0.2, 0) is 13.0 Å². The van der Waals surface area contributed by atoms with Crippen molar-refractivity contribution in [3.8, 4) is 0 Å². The van der Waals surface area contributed by atoms with Crippen LogP contribution in [0.25, 0.3) is 0 Å². The van der Waals surface area contributed by atoms with Crippen LogP contribution < -0.4 is 0 Å². The third-order valence-electron chi connectivity index (χ3n) is 3.54. The van der Waals surface area contributed by atoms with Gasteiger partial charge in [-0.1, -0.05) is 6.92 Å². The Morgan fingerprint density at radius 3 is 3.07 bits per heavy atom. The molecule has 3 nitrogen and oxygen atoms in total. The number of aliphatic hydroxyl groups is 1. The predicted octanol–water partition coefficient (Wildman–Crippen LogP) is 2.00. The first-order valence-electron chi connectivity index (χ1n) is 5.81. The van der Waals surface area contributed by atoms with E-state index in [1.54, 1.807) is 0 Å². The molecule has 0 saturated heterocycles. The molecule has 0 amide bonds. The molecule has 1 N–H and O–H groups in total. The van der Waals surface area contributed by atoms with Crippen molar-refractivity contribution in [1.29, 1.82) is 0 Å². The Hall–Kier alpha value is -0.830. The molecule has 1 saturated carbocycles. The van der Waals surface area contributed by atoms with Crippen LogP contribution in [0.4, 0.5) is 0 Å². The maximum absolute atomic E-state index is 9.59. The van der Waals surface area contributed by atoms with Gasteiger partial charge in [0.2, 0.25) is 0 Å². The number of aliphatic hydroxyl groups excluding tert-OH is 1. The van der Waals surface area contributed by atoms with E-state index in [2.05, 4.69) is 23.4 Å². The van der Waals surface area contributed by atoms with Gasteiger partial charge in [0.25, 0.3) is 0 Å². The molecule has 2 rings (SSSR count). The van der Waals surface area contributed by atoms with Crippen molar-refractivity contribution in [2.75, 3.05) is 0 Å². The summed E-state index contributed by atoms with van der Waals surface area (Å²) in [6.45, 7) is 5.38. The fourth-order valence-electron chi connectivity index (χ4n) is 2.63. The Morgan fingerprint density at radius 1 is 1.67 bits per heavy atom. The maximum Gasteiger partial charge on any atom is 0.109 e. The lowest BCUT2D eigenvalue weighted by atomic mass is 9.84. The van der Waals surface area contributed by atoms with E-state index in [1.807, 2.05) is 12.4 Å². The molecule has 1 aliphatic carbocycles. The zero-order valence-electron chi connectivity index (χ0n) is 9.61. The first-order chi connectivity index (χ1) is 7.13. The van der Waals surface area contributed by atoms with Gasteiger partial charge in [0, 0.05) is 25.4 Å². The predicted molar refractivity (Wildman–Crippen MR) is 59.6 cm³/mol. The third-order valence-corrected chi connectivity index (χ3v) is 3.54. The number of hydrogen-bond donors (Lipinski definition) is 1. The lowest BCUT2D eigenvalue weighted by Crippen LogP contribution is -2.19. The van der Waals surface area contributed by atoms with Crippen molar-refractivity contribution in [1.82, 2.24) is 9.55 Å². The highest BCUT2D eigenvalue weighted by Gasteiger charge is 2.35. The van der Waals surface area contributed by atoms with Crippen LogP contribution in [-0.4, -0.2) is 20.8 Å². The van der Waals surface area contributed by atoms with Crippen LogP contribution in [0.15, 0.2) is 12.4 Å². The SMILES string of the molecule is CCn1ccnc1CC1(C)CCC(O)C1. The summed E-state index contributed by atoms with van der Waals surface area (Å²) in [6, 6.07) is 0. The summed E-state index contributed by atoms with van der Waals surface area (Å²) < 4.78 is 2.19. The summed E-state index contributed by atoms with van der Waals surface area (Å²) in [7, 11) is 0. The van der Waals surface area contributed by atoms with Gasteiger partial charge in [0.1, 0.15) is 5.82 Å². The summed E-state index contributed by atoms with van der Waals surface area (Å²) in [6.07, 6.45) is 7.78. The number of rotatable bonds is 3. The maximum atomic E-state index is 9.59. The number of aryl methyl sites for hydroxylation is 1. The topological polar surface area (TPSA) is 38.0 Å². The minimum atomic E-state index is -0.0972. The molecule has 0 aromatic carbocycles. The van der Waals surface area contributed by atoms with Crippen molar-refractivity contribution in [2.24, 2.45) is 5.41 Å². The average Bonchev–Trinajstić information content (AvgIpc) is 2.74. The van der Waals surface area contributed by atoms with Crippen LogP contribution >= 0.6 is 0 Å². The minimum absolute atomic E-state index is 0.0972. The Morgan fingerprint density at radius 2 is 2.47 bits per heavy atom. The van der Waals surface area contributed by atoms with Crippen molar-refractivity contribution < 1.29 is 5.11 Å². The van der Waals surface area contributed by atoms with Crippen molar-refractivity contribution in [3.05, 3.63) is 18.2 Å². The fourth-order valence-corrected chi connectivity index (χ4v) is 2.63. The number of nitrogens with zero attached hydrogens (tertiary/aromatic N) is 2.